The summed E-state index contributed by atoms with van der Waals surface area (Å²) >= 11 is 0. The number of nitrogens with one attached hydrogen (secondary N) is 2. The van der Waals surface area contributed by atoms with Crippen molar-refractivity contribution < 1.29 is 23.9 Å². The van der Waals surface area contributed by atoms with Gasteiger partial charge in [0.05, 0.1) is 13.7 Å². The molecule has 8 heteroatoms. The molecule has 0 aromatic heterocycles. The Balaban J connectivity index is 1.52. The molecule has 182 valence electrons. The number of benzene rings is 2. The van der Waals surface area contributed by atoms with E-state index >= 15 is 0 Å². The predicted molar refractivity (Wildman–Crippen MR) is 129 cm³/mol. The molecule has 0 bridgehead atoms. The van der Waals surface area contributed by atoms with Crippen LogP contribution >= 0.6 is 0 Å². The minimum absolute atomic E-state index is 0.0712. The number of nitrogens with zero attached hydrogens (tertiary/aromatic N) is 1. The van der Waals surface area contributed by atoms with E-state index in [0.29, 0.717) is 69.1 Å². The van der Waals surface area contributed by atoms with Gasteiger partial charge in [0.1, 0.15) is 6.61 Å². The molecule has 34 heavy (non-hydrogen) atoms. The minimum Gasteiger partial charge on any atom is -0.493 e. The molecular formula is C26H33N3O5. The molecule has 1 heterocycles. The first-order chi connectivity index (χ1) is 16.6. The van der Waals surface area contributed by atoms with E-state index in [2.05, 4.69) is 10.6 Å². The van der Waals surface area contributed by atoms with Crippen molar-refractivity contribution in [1.29, 1.82) is 0 Å². The van der Waals surface area contributed by atoms with Gasteiger partial charge in [-0.3, -0.25) is 14.4 Å². The van der Waals surface area contributed by atoms with Crippen molar-refractivity contribution in [3.8, 4) is 11.5 Å². The third kappa shape index (κ3) is 7.50. The van der Waals surface area contributed by atoms with Crippen LogP contribution in [0.5, 0.6) is 11.5 Å². The highest BCUT2D eigenvalue weighted by atomic mass is 16.5. The summed E-state index contributed by atoms with van der Waals surface area (Å²) in [5.41, 5.74) is 0.599. The lowest BCUT2D eigenvalue weighted by atomic mass is 9.98. The van der Waals surface area contributed by atoms with Gasteiger partial charge in [0.15, 0.2) is 11.5 Å². The Hall–Kier alpha value is -3.55. The summed E-state index contributed by atoms with van der Waals surface area (Å²) in [5.74, 6) is 0.735. The average molecular weight is 468 g/mol. The van der Waals surface area contributed by atoms with Crippen LogP contribution < -0.4 is 20.1 Å². The molecule has 0 spiro atoms. The maximum atomic E-state index is 12.9. The normalized spacial score (nSPS) is 17.1. The van der Waals surface area contributed by atoms with Gasteiger partial charge in [0.2, 0.25) is 11.8 Å². The van der Waals surface area contributed by atoms with E-state index in [0.717, 1.165) is 0 Å². The van der Waals surface area contributed by atoms with E-state index in [1.165, 1.54) is 0 Å². The first-order valence-corrected chi connectivity index (χ1v) is 11.7. The Labute approximate surface area is 200 Å². The van der Waals surface area contributed by atoms with E-state index in [4.69, 9.17) is 9.47 Å². The molecule has 1 saturated heterocycles. The van der Waals surface area contributed by atoms with Gasteiger partial charge in [0, 0.05) is 37.5 Å². The predicted octanol–water partition coefficient (Wildman–Crippen LogP) is 2.64. The second-order valence-corrected chi connectivity index (χ2v) is 8.18. The van der Waals surface area contributed by atoms with Crippen molar-refractivity contribution in [1.82, 2.24) is 15.5 Å². The van der Waals surface area contributed by atoms with Crippen molar-refractivity contribution >= 4 is 17.7 Å². The van der Waals surface area contributed by atoms with Crippen LogP contribution in [0.3, 0.4) is 0 Å². The highest BCUT2D eigenvalue weighted by molar-refractivity contribution is 5.94. The molecule has 0 radical (unpaired) electrons. The second-order valence-electron chi connectivity index (χ2n) is 8.18. The van der Waals surface area contributed by atoms with Crippen LogP contribution in [0, 0.1) is 5.92 Å². The average Bonchev–Trinajstić information content (AvgIpc) is 2.91. The maximum absolute atomic E-state index is 12.9. The monoisotopic (exact) mass is 467 g/mol. The Morgan fingerprint density at radius 3 is 2.53 bits per heavy atom. The first kappa shape index (κ1) is 25.1. The maximum Gasteiger partial charge on any atom is 0.253 e. The van der Waals surface area contributed by atoms with Gasteiger partial charge in [-0.05, 0) is 43.5 Å². The van der Waals surface area contributed by atoms with Crippen molar-refractivity contribution in [2.45, 2.75) is 25.7 Å². The number of ether oxygens (including phenoxy) is 2. The number of carbonyl (C=O) groups is 3. The largest absolute Gasteiger partial charge is 0.493 e. The van der Waals surface area contributed by atoms with Crippen LogP contribution in [0.25, 0.3) is 0 Å². The summed E-state index contributed by atoms with van der Waals surface area (Å²) in [4.78, 5) is 39.6. The lowest BCUT2D eigenvalue weighted by Gasteiger charge is -2.23. The minimum atomic E-state index is -0.252. The Kier molecular flexibility index (Phi) is 9.76. The van der Waals surface area contributed by atoms with Crippen LogP contribution in [-0.4, -0.2) is 62.5 Å². The summed E-state index contributed by atoms with van der Waals surface area (Å²) < 4.78 is 11.0. The number of methoxy groups -OCH3 is 1. The molecule has 0 saturated carbocycles. The fourth-order valence-electron chi connectivity index (χ4n) is 3.94. The van der Waals surface area contributed by atoms with E-state index in [1.54, 1.807) is 24.1 Å². The zero-order valence-electron chi connectivity index (χ0n) is 19.6. The summed E-state index contributed by atoms with van der Waals surface area (Å²) in [6.45, 7) is 1.97. The van der Waals surface area contributed by atoms with Gasteiger partial charge in [-0.2, -0.15) is 0 Å². The molecule has 8 nitrogen and oxygen atoms in total. The highest BCUT2D eigenvalue weighted by Crippen LogP contribution is 2.25. The van der Waals surface area contributed by atoms with E-state index in [-0.39, 0.29) is 30.1 Å². The summed E-state index contributed by atoms with van der Waals surface area (Å²) in [6.07, 6.45) is 2.11. The fourth-order valence-corrected chi connectivity index (χ4v) is 3.94. The summed E-state index contributed by atoms with van der Waals surface area (Å²) in [6, 6.07) is 16.4. The lowest BCUT2D eigenvalue weighted by molar-refractivity contribution is -0.126. The molecule has 1 atom stereocenters. The fraction of sp³-hybridized carbons (Fsp3) is 0.423. The lowest BCUT2D eigenvalue weighted by Crippen LogP contribution is -2.36. The molecule has 1 aliphatic rings. The van der Waals surface area contributed by atoms with Crippen molar-refractivity contribution in [3.05, 3.63) is 60.2 Å². The molecule has 2 N–H and O–H groups in total. The Morgan fingerprint density at radius 2 is 1.76 bits per heavy atom. The number of carbonyl (C=O) groups excluding carboxylic acids is 3. The van der Waals surface area contributed by atoms with Gasteiger partial charge in [-0.25, -0.2) is 0 Å². The van der Waals surface area contributed by atoms with Gasteiger partial charge in [-0.1, -0.05) is 30.3 Å². The van der Waals surface area contributed by atoms with Gasteiger partial charge in [0.25, 0.3) is 5.91 Å². The molecule has 1 fully saturated rings. The van der Waals surface area contributed by atoms with Crippen LogP contribution in [0.1, 0.15) is 36.0 Å². The smallest absolute Gasteiger partial charge is 0.253 e. The highest BCUT2D eigenvalue weighted by Gasteiger charge is 2.22. The number of rotatable bonds is 7. The quantitative estimate of drug-likeness (QED) is 0.611. The number of hydrogen-bond donors (Lipinski definition) is 2. The number of para-hydroxylation sites is 2. The Bertz CT molecular complexity index is 950. The number of hydrogen-bond acceptors (Lipinski definition) is 5. The van der Waals surface area contributed by atoms with Gasteiger partial charge in [-0.15, -0.1) is 0 Å². The standard InChI is InChI=1S/C26H33N3O5/c1-33-22-11-5-6-12-23(22)34-19-16-28-25(31)20-10-7-17-29(18-14-24(30)27-15-13-20)26(32)21-8-3-2-4-9-21/h2-6,8-9,11-12,20H,7,10,13-19H2,1H3,(H,27,30)(H,28,31). The SMILES string of the molecule is COc1ccccc1OCCNC(=O)C1CCCN(C(=O)c2ccccc2)CCC(=O)NCC1. The van der Waals surface area contributed by atoms with Crippen LogP contribution in [0.15, 0.2) is 54.6 Å². The van der Waals surface area contributed by atoms with Crippen LogP contribution in [-0.2, 0) is 9.59 Å². The first-order valence-electron chi connectivity index (χ1n) is 11.7. The van der Waals surface area contributed by atoms with Crippen molar-refractivity contribution in [3.63, 3.8) is 0 Å². The van der Waals surface area contributed by atoms with E-state index < -0.39 is 0 Å². The van der Waals surface area contributed by atoms with Crippen LogP contribution in [0.4, 0.5) is 0 Å². The van der Waals surface area contributed by atoms with E-state index in [1.807, 2.05) is 42.5 Å². The van der Waals surface area contributed by atoms with Crippen molar-refractivity contribution in [2.24, 2.45) is 5.92 Å². The van der Waals surface area contributed by atoms with E-state index in [9.17, 15) is 14.4 Å². The number of amides is 3. The topological polar surface area (TPSA) is 97.0 Å². The third-order valence-electron chi connectivity index (χ3n) is 5.81. The molecule has 2 aromatic carbocycles. The van der Waals surface area contributed by atoms with Gasteiger partial charge >= 0.3 is 0 Å². The van der Waals surface area contributed by atoms with Gasteiger partial charge < -0.3 is 25.0 Å². The molecule has 3 amide bonds. The molecule has 3 rings (SSSR count). The molecule has 0 aliphatic carbocycles. The second kappa shape index (κ2) is 13.2. The Morgan fingerprint density at radius 1 is 1.03 bits per heavy atom. The third-order valence-corrected chi connectivity index (χ3v) is 5.81. The van der Waals surface area contributed by atoms with Crippen molar-refractivity contribution in [2.75, 3.05) is 39.9 Å². The molecular weight excluding hydrogens is 434 g/mol. The summed E-state index contributed by atoms with van der Waals surface area (Å²) in [5, 5.41) is 5.80. The zero-order valence-corrected chi connectivity index (χ0v) is 19.6. The summed E-state index contributed by atoms with van der Waals surface area (Å²) in [7, 11) is 1.58. The molecule has 1 aliphatic heterocycles. The molecule has 1 unspecified atom stereocenters. The molecule has 2 aromatic rings. The zero-order chi connectivity index (χ0) is 24.2. The van der Waals surface area contributed by atoms with Crippen LogP contribution in [0.2, 0.25) is 0 Å².